The average molecular weight is 399 g/mol. The quantitative estimate of drug-likeness (QED) is 0.488. The Balaban J connectivity index is 1.52. The van der Waals surface area contributed by atoms with Gasteiger partial charge in [0.05, 0.1) is 31.3 Å². The zero-order chi connectivity index (χ0) is 19.3. The number of fused-ring (bicyclic) bond motifs is 1. The molecule has 1 saturated heterocycles. The number of amides is 1. The Bertz CT molecular complexity index is 957. The molecule has 28 heavy (non-hydrogen) atoms. The summed E-state index contributed by atoms with van der Waals surface area (Å²) in [6.07, 6.45) is 5.35. The Morgan fingerprint density at radius 3 is 2.89 bits per heavy atom. The molecule has 3 aromatic rings. The highest BCUT2D eigenvalue weighted by atomic mass is 32.2. The lowest BCUT2D eigenvalue weighted by atomic mass is 10.3. The van der Waals surface area contributed by atoms with Gasteiger partial charge >= 0.3 is 0 Å². The van der Waals surface area contributed by atoms with Crippen LogP contribution in [0.25, 0.3) is 11.0 Å². The molecule has 1 fully saturated rings. The van der Waals surface area contributed by atoms with Crippen LogP contribution in [-0.2, 0) is 11.3 Å². The second-order valence-electron chi connectivity index (χ2n) is 6.21. The SMILES string of the molecule is CSc1nc(N2CCOCC2)c2cnn(CCNC(=O)c3ccccn3)c2n1. The van der Waals surface area contributed by atoms with Gasteiger partial charge in [0, 0.05) is 25.8 Å². The zero-order valence-electron chi connectivity index (χ0n) is 15.5. The molecule has 0 spiro atoms. The summed E-state index contributed by atoms with van der Waals surface area (Å²) in [5.74, 6) is 0.687. The minimum Gasteiger partial charge on any atom is -0.378 e. The van der Waals surface area contributed by atoms with Gasteiger partial charge in [-0.05, 0) is 18.4 Å². The van der Waals surface area contributed by atoms with E-state index in [1.165, 1.54) is 11.8 Å². The van der Waals surface area contributed by atoms with Crippen LogP contribution in [0.5, 0.6) is 0 Å². The summed E-state index contributed by atoms with van der Waals surface area (Å²) in [6, 6.07) is 5.25. The highest BCUT2D eigenvalue weighted by Gasteiger charge is 2.20. The third-order valence-electron chi connectivity index (χ3n) is 4.46. The van der Waals surface area contributed by atoms with E-state index in [9.17, 15) is 4.79 Å². The third-order valence-corrected chi connectivity index (χ3v) is 5.00. The standard InChI is InChI=1S/C18H21N7O2S/c1-28-18-22-15(24-8-10-27-11-9-24)13-12-21-25(16(13)23-18)7-6-20-17(26)14-4-2-3-5-19-14/h2-5,12H,6-11H2,1H3,(H,20,26). The number of aromatic nitrogens is 5. The van der Waals surface area contributed by atoms with E-state index in [-0.39, 0.29) is 5.91 Å². The van der Waals surface area contributed by atoms with Crippen molar-refractivity contribution in [3.05, 3.63) is 36.3 Å². The molecular weight excluding hydrogens is 378 g/mol. The first kappa shape index (κ1) is 18.6. The molecule has 0 unspecified atom stereocenters. The number of ether oxygens (including phenoxy) is 1. The molecule has 1 N–H and O–H groups in total. The van der Waals surface area contributed by atoms with Crippen LogP contribution in [0, 0.1) is 0 Å². The maximum atomic E-state index is 12.1. The van der Waals surface area contributed by atoms with Crippen LogP contribution < -0.4 is 10.2 Å². The van der Waals surface area contributed by atoms with E-state index in [2.05, 4.69) is 25.3 Å². The lowest BCUT2D eigenvalue weighted by molar-refractivity contribution is 0.0947. The molecule has 0 radical (unpaired) electrons. The number of anilines is 1. The summed E-state index contributed by atoms with van der Waals surface area (Å²) in [5, 5.41) is 8.96. The van der Waals surface area contributed by atoms with Crippen molar-refractivity contribution in [2.45, 2.75) is 11.7 Å². The van der Waals surface area contributed by atoms with Crippen molar-refractivity contribution in [1.82, 2.24) is 30.0 Å². The number of hydrogen-bond donors (Lipinski definition) is 1. The van der Waals surface area contributed by atoms with E-state index in [1.807, 2.05) is 6.26 Å². The fourth-order valence-corrected chi connectivity index (χ4v) is 3.41. The fraction of sp³-hybridized carbons (Fsp3) is 0.389. The van der Waals surface area contributed by atoms with Crippen molar-refractivity contribution in [1.29, 1.82) is 0 Å². The molecule has 4 heterocycles. The molecule has 0 saturated carbocycles. The largest absolute Gasteiger partial charge is 0.378 e. The third kappa shape index (κ3) is 3.92. The molecule has 9 nitrogen and oxygen atoms in total. The summed E-state index contributed by atoms with van der Waals surface area (Å²) in [7, 11) is 0. The van der Waals surface area contributed by atoms with E-state index in [4.69, 9.17) is 9.72 Å². The van der Waals surface area contributed by atoms with E-state index in [0.717, 1.165) is 29.9 Å². The van der Waals surface area contributed by atoms with Crippen LogP contribution in [0.3, 0.4) is 0 Å². The first-order chi connectivity index (χ1) is 13.8. The van der Waals surface area contributed by atoms with Gasteiger partial charge in [0.25, 0.3) is 5.91 Å². The molecule has 0 aromatic carbocycles. The van der Waals surface area contributed by atoms with Crippen molar-refractivity contribution in [2.24, 2.45) is 0 Å². The van der Waals surface area contributed by atoms with Crippen LogP contribution in [0.4, 0.5) is 5.82 Å². The smallest absolute Gasteiger partial charge is 0.269 e. The van der Waals surface area contributed by atoms with E-state index in [1.54, 1.807) is 35.3 Å². The highest BCUT2D eigenvalue weighted by molar-refractivity contribution is 7.98. The van der Waals surface area contributed by atoms with Crippen molar-refractivity contribution in [3.8, 4) is 0 Å². The molecule has 0 aliphatic carbocycles. The van der Waals surface area contributed by atoms with Gasteiger partial charge in [-0.1, -0.05) is 17.8 Å². The monoisotopic (exact) mass is 399 g/mol. The second kappa shape index (κ2) is 8.53. The number of nitrogens with one attached hydrogen (secondary N) is 1. The first-order valence-electron chi connectivity index (χ1n) is 9.06. The van der Waals surface area contributed by atoms with Gasteiger partial charge in [0.1, 0.15) is 11.5 Å². The molecule has 1 amide bonds. The molecule has 10 heteroatoms. The fourth-order valence-electron chi connectivity index (χ4n) is 3.06. The molecular formula is C18H21N7O2S. The van der Waals surface area contributed by atoms with E-state index in [0.29, 0.717) is 37.2 Å². The Morgan fingerprint density at radius 2 is 2.14 bits per heavy atom. The van der Waals surface area contributed by atoms with Crippen LogP contribution in [0.15, 0.2) is 35.7 Å². The molecule has 146 valence electrons. The molecule has 0 atom stereocenters. The van der Waals surface area contributed by atoms with Gasteiger partial charge < -0.3 is 15.0 Å². The minimum atomic E-state index is -0.203. The maximum absolute atomic E-state index is 12.1. The lowest BCUT2D eigenvalue weighted by Gasteiger charge is -2.28. The summed E-state index contributed by atoms with van der Waals surface area (Å²) in [6.45, 7) is 3.91. The van der Waals surface area contributed by atoms with Crippen LogP contribution in [0.2, 0.25) is 0 Å². The summed E-state index contributed by atoms with van der Waals surface area (Å²) >= 11 is 1.50. The number of nitrogens with zero attached hydrogens (tertiary/aromatic N) is 6. The predicted molar refractivity (Wildman–Crippen MR) is 107 cm³/mol. The molecule has 3 aromatic heterocycles. The zero-order valence-corrected chi connectivity index (χ0v) is 16.4. The van der Waals surface area contributed by atoms with Gasteiger partial charge in [-0.3, -0.25) is 9.78 Å². The van der Waals surface area contributed by atoms with Crippen molar-refractivity contribution in [3.63, 3.8) is 0 Å². The minimum absolute atomic E-state index is 0.203. The Morgan fingerprint density at radius 1 is 1.29 bits per heavy atom. The lowest BCUT2D eigenvalue weighted by Crippen LogP contribution is -2.37. The number of hydrogen-bond acceptors (Lipinski definition) is 8. The number of morpholine rings is 1. The molecule has 1 aliphatic heterocycles. The number of pyridine rings is 1. The van der Waals surface area contributed by atoms with Crippen molar-refractivity contribution >= 4 is 34.5 Å². The number of carbonyl (C=O) groups excluding carboxylic acids is 1. The highest BCUT2D eigenvalue weighted by Crippen LogP contribution is 2.27. The Kier molecular flexibility index (Phi) is 5.68. The van der Waals surface area contributed by atoms with Crippen LogP contribution >= 0.6 is 11.8 Å². The average Bonchev–Trinajstić information content (AvgIpc) is 3.17. The Hall–Kier alpha value is -2.72. The maximum Gasteiger partial charge on any atom is 0.269 e. The summed E-state index contributed by atoms with van der Waals surface area (Å²) in [5.41, 5.74) is 1.17. The van der Waals surface area contributed by atoms with Gasteiger partial charge in [0.2, 0.25) is 0 Å². The number of carbonyl (C=O) groups is 1. The van der Waals surface area contributed by atoms with Gasteiger partial charge in [0.15, 0.2) is 10.8 Å². The summed E-state index contributed by atoms with van der Waals surface area (Å²) < 4.78 is 7.26. The second-order valence-corrected chi connectivity index (χ2v) is 6.98. The van der Waals surface area contributed by atoms with Crippen LogP contribution in [-0.4, -0.2) is 69.7 Å². The Labute approximate surface area is 166 Å². The van der Waals surface area contributed by atoms with Gasteiger partial charge in [-0.2, -0.15) is 5.10 Å². The van der Waals surface area contributed by atoms with Gasteiger partial charge in [-0.15, -0.1) is 0 Å². The van der Waals surface area contributed by atoms with E-state index >= 15 is 0 Å². The molecule has 0 bridgehead atoms. The predicted octanol–water partition coefficient (Wildman–Crippen LogP) is 1.21. The normalized spacial score (nSPS) is 14.4. The van der Waals surface area contributed by atoms with Crippen LogP contribution in [0.1, 0.15) is 10.5 Å². The first-order valence-corrected chi connectivity index (χ1v) is 10.3. The number of rotatable bonds is 6. The topological polar surface area (TPSA) is 98.1 Å². The van der Waals surface area contributed by atoms with Crippen molar-refractivity contribution < 1.29 is 9.53 Å². The molecule has 4 rings (SSSR count). The van der Waals surface area contributed by atoms with Gasteiger partial charge in [-0.25, -0.2) is 14.6 Å². The van der Waals surface area contributed by atoms with Crippen molar-refractivity contribution in [2.75, 3.05) is 44.0 Å². The number of thioether (sulfide) groups is 1. The molecule has 1 aliphatic rings. The summed E-state index contributed by atoms with van der Waals surface area (Å²) in [4.78, 5) is 27.7. The van der Waals surface area contributed by atoms with E-state index < -0.39 is 0 Å².